The molecule has 0 atom stereocenters. The van der Waals surface area contributed by atoms with Crippen LogP contribution in [0.4, 0.5) is 13.2 Å². The van der Waals surface area contributed by atoms with Crippen molar-refractivity contribution in [2.45, 2.75) is 31.9 Å². The molecular formula is C14H16F3NO. The Kier molecular flexibility index (Phi) is 3.67. The molecule has 1 aromatic rings. The number of ketones is 1. The minimum Gasteiger partial charge on any atom is -0.330 e. The molecule has 1 aromatic carbocycles. The molecule has 19 heavy (non-hydrogen) atoms. The standard InChI is InChI=1S/C14H16F3NO/c15-14(16,17)11-4-1-3-10(7-11)12(19)8-13(9-18)5-2-6-13/h1,3-4,7H,2,5-6,8-9,18H2. The largest absolute Gasteiger partial charge is 0.416 e. The highest BCUT2D eigenvalue weighted by Gasteiger charge is 2.38. The van der Waals surface area contributed by atoms with E-state index in [0.29, 0.717) is 6.54 Å². The van der Waals surface area contributed by atoms with Crippen LogP contribution in [0.3, 0.4) is 0 Å². The van der Waals surface area contributed by atoms with Crippen molar-refractivity contribution in [3.05, 3.63) is 35.4 Å². The van der Waals surface area contributed by atoms with Crippen LogP contribution >= 0.6 is 0 Å². The molecule has 1 aliphatic carbocycles. The van der Waals surface area contributed by atoms with Gasteiger partial charge in [0.1, 0.15) is 0 Å². The van der Waals surface area contributed by atoms with Gasteiger partial charge in [0.2, 0.25) is 0 Å². The topological polar surface area (TPSA) is 43.1 Å². The molecule has 2 rings (SSSR count). The van der Waals surface area contributed by atoms with E-state index in [1.807, 2.05) is 0 Å². The normalized spacial score (nSPS) is 17.9. The van der Waals surface area contributed by atoms with Crippen molar-refractivity contribution in [3.63, 3.8) is 0 Å². The zero-order valence-electron chi connectivity index (χ0n) is 10.5. The van der Waals surface area contributed by atoms with E-state index in [2.05, 4.69) is 0 Å². The van der Waals surface area contributed by atoms with Crippen molar-refractivity contribution >= 4 is 5.78 Å². The van der Waals surface area contributed by atoms with Crippen LogP contribution in [0.2, 0.25) is 0 Å². The van der Waals surface area contributed by atoms with Crippen molar-refractivity contribution in [2.24, 2.45) is 11.1 Å². The predicted octanol–water partition coefficient (Wildman–Crippen LogP) is 3.41. The van der Waals surface area contributed by atoms with Crippen LogP contribution < -0.4 is 5.73 Å². The predicted molar refractivity (Wildman–Crippen MR) is 65.7 cm³/mol. The highest BCUT2D eigenvalue weighted by atomic mass is 19.4. The van der Waals surface area contributed by atoms with Gasteiger partial charge in [-0.1, -0.05) is 18.6 Å². The molecule has 1 aliphatic rings. The Hall–Kier alpha value is -1.36. The molecule has 0 spiro atoms. The summed E-state index contributed by atoms with van der Waals surface area (Å²) in [6.07, 6.45) is -1.38. The van der Waals surface area contributed by atoms with Crippen LogP contribution in [0, 0.1) is 5.41 Å². The fraction of sp³-hybridized carbons (Fsp3) is 0.500. The molecule has 0 radical (unpaired) electrons. The number of hydrogen-bond acceptors (Lipinski definition) is 2. The number of benzene rings is 1. The molecule has 2 nitrogen and oxygen atoms in total. The smallest absolute Gasteiger partial charge is 0.330 e. The lowest BCUT2D eigenvalue weighted by Gasteiger charge is -2.40. The van der Waals surface area contributed by atoms with E-state index >= 15 is 0 Å². The van der Waals surface area contributed by atoms with E-state index < -0.39 is 11.7 Å². The third-order valence-electron chi connectivity index (χ3n) is 3.89. The average molecular weight is 271 g/mol. The first-order valence-electron chi connectivity index (χ1n) is 6.27. The quantitative estimate of drug-likeness (QED) is 0.853. The van der Waals surface area contributed by atoms with Crippen molar-refractivity contribution in [3.8, 4) is 0 Å². The molecule has 5 heteroatoms. The minimum absolute atomic E-state index is 0.120. The zero-order valence-corrected chi connectivity index (χ0v) is 10.5. The van der Waals surface area contributed by atoms with Crippen LogP contribution in [0.25, 0.3) is 0 Å². The maximum Gasteiger partial charge on any atom is 0.416 e. The van der Waals surface area contributed by atoms with E-state index in [9.17, 15) is 18.0 Å². The Bertz CT molecular complexity index is 472. The number of halogens is 3. The molecule has 1 fully saturated rings. The van der Waals surface area contributed by atoms with Crippen molar-refractivity contribution in [1.29, 1.82) is 0 Å². The minimum atomic E-state index is -4.42. The summed E-state index contributed by atoms with van der Waals surface area (Å²) < 4.78 is 37.7. The van der Waals surface area contributed by atoms with Crippen LogP contribution in [-0.4, -0.2) is 12.3 Å². The molecule has 0 amide bonds. The molecule has 0 heterocycles. The number of carbonyl (C=O) groups is 1. The summed E-state index contributed by atoms with van der Waals surface area (Å²) in [7, 11) is 0. The van der Waals surface area contributed by atoms with Crippen LogP contribution in [0.15, 0.2) is 24.3 Å². The fourth-order valence-electron chi connectivity index (χ4n) is 2.44. The summed E-state index contributed by atoms with van der Waals surface area (Å²) >= 11 is 0. The summed E-state index contributed by atoms with van der Waals surface area (Å²) in [5, 5.41) is 0. The Balaban J connectivity index is 2.15. The van der Waals surface area contributed by atoms with Crippen molar-refractivity contribution < 1.29 is 18.0 Å². The Morgan fingerprint density at radius 1 is 1.32 bits per heavy atom. The first kappa shape index (κ1) is 14.1. The third kappa shape index (κ3) is 2.97. The fourth-order valence-corrected chi connectivity index (χ4v) is 2.44. The van der Waals surface area contributed by atoms with Gasteiger partial charge in [-0.2, -0.15) is 13.2 Å². The lowest BCUT2D eigenvalue weighted by atomic mass is 9.65. The number of nitrogens with two attached hydrogens (primary N) is 1. The first-order chi connectivity index (χ1) is 8.86. The van der Waals surface area contributed by atoms with E-state index in [1.54, 1.807) is 0 Å². The Labute approximate surface area is 109 Å². The number of alkyl halides is 3. The van der Waals surface area contributed by atoms with Gasteiger partial charge < -0.3 is 5.73 Å². The molecule has 0 bridgehead atoms. The van der Waals surface area contributed by atoms with Gasteiger partial charge >= 0.3 is 6.18 Å². The van der Waals surface area contributed by atoms with Gasteiger partial charge in [0.25, 0.3) is 0 Å². The Morgan fingerprint density at radius 2 is 2.00 bits per heavy atom. The molecule has 0 saturated heterocycles. The highest BCUT2D eigenvalue weighted by Crippen LogP contribution is 2.43. The van der Waals surface area contributed by atoms with Crippen LogP contribution in [0.5, 0.6) is 0 Å². The van der Waals surface area contributed by atoms with Gasteiger partial charge in [-0.05, 0) is 36.9 Å². The lowest BCUT2D eigenvalue weighted by molar-refractivity contribution is -0.137. The summed E-state index contributed by atoms with van der Waals surface area (Å²) in [5.41, 5.74) is 4.81. The number of carbonyl (C=O) groups excluding carboxylic acids is 1. The molecule has 0 aromatic heterocycles. The number of Topliss-reactive ketones (excluding diaryl/α,β-unsaturated/α-hetero) is 1. The molecular weight excluding hydrogens is 255 g/mol. The van der Waals surface area contributed by atoms with Gasteiger partial charge in [0.05, 0.1) is 5.56 Å². The van der Waals surface area contributed by atoms with Gasteiger partial charge in [-0.25, -0.2) is 0 Å². The van der Waals surface area contributed by atoms with E-state index in [4.69, 9.17) is 5.73 Å². The highest BCUT2D eigenvalue weighted by molar-refractivity contribution is 5.96. The van der Waals surface area contributed by atoms with Crippen LogP contribution in [-0.2, 0) is 6.18 Å². The van der Waals surface area contributed by atoms with Gasteiger partial charge in [-0.3, -0.25) is 4.79 Å². The molecule has 0 aliphatic heterocycles. The van der Waals surface area contributed by atoms with Gasteiger partial charge in [0.15, 0.2) is 5.78 Å². The van der Waals surface area contributed by atoms with Gasteiger partial charge in [0, 0.05) is 12.0 Å². The Morgan fingerprint density at radius 3 is 2.47 bits per heavy atom. The summed E-state index contributed by atoms with van der Waals surface area (Å²) in [6.45, 7) is 0.414. The second-order valence-electron chi connectivity index (χ2n) is 5.24. The molecule has 1 saturated carbocycles. The summed E-state index contributed by atoms with van der Waals surface area (Å²) in [5.74, 6) is -0.253. The maximum absolute atomic E-state index is 12.6. The zero-order chi connectivity index (χ0) is 14.1. The van der Waals surface area contributed by atoms with E-state index in [0.717, 1.165) is 31.4 Å². The molecule has 104 valence electrons. The number of rotatable bonds is 4. The SMILES string of the molecule is NCC1(CC(=O)c2cccc(C(F)(F)F)c2)CCC1. The van der Waals surface area contributed by atoms with E-state index in [-0.39, 0.29) is 23.2 Å². The van der Waals surface area contributed by atoms with Gasteiger partial charge in [-0.15, -0.1) is 0 Å². The van der Waals surface area contributed by atoms with Crippen LogP contribution in [0.1, 0.15) is 41.6 Å². The summed E-state index contributed by atoms with van der Waals surface area (Å²) in [6, 6.07) is 4.59. The van der Waals surface area contributed by atoms with E-state index in [1.165, 1.54) is 12.1 Å². The van der Waals surface area contributed by atoms with Crippen molar-refractivity contribution in [2.75, 3.05) is 6.54 Å². The molecule has 2 N–H and O–H groups in total. The lowest BCUT2D eigenvalue weighted by Crippen LogP contribution is -2.39. The first-order valence-corrected chi connectivity index (χ1v) is 6.27. The second-order valence-corrected chi connectivity index (χ2v) is 5.24. The monoisotopic (exact) mass is 271 g/mol. The number of hydrogen-bond donors (Lipinski definition) is 1. The average Bonchev–Trinajstić information content (AvgIpc) is 2.32. The second kappa shape index (κ2) is 4.96. The van der Waals surface area contributed by atoms with Crippen molar-refractivity contribution in [1.82, 2.24) is 0 Å². The maximum atomic E-state index is 12.6. The third-order valence-corrected chi connectivity index (χ3v) is 3.89. The summed E-state index contributed by atoms with van der Waals surface area (Å²) in [4.78, 5) is 12.1. The molecule has 0 unspecified atom stereocenters.